The summed E-state index contributed by atoms with van der Waals surface area (Å²) in [6, 6.07) is 11.1. The molecule has 2 aromatic heterocycles. The van der Waals surface area contributed by atoms with Crippen LogP contribution >= 0.6 is 0 Å². The lowest BCUT2D eigenvalue weighted by atomic mass is 9.77. The van der Waals surface area contributed by atoms with Crippen molar-refractivity contribution in [1.29, 1.82) is 0 Å². The predicted molar refractivity (Wildman–Crippen MR) is 166 cm³/mol. The van der Waals surface area contributed by atoms with E-state index >= 15 is 0 Å². The highest BCUT2D eigenvalue weighted by molar-refractivity contribution is 5.94. The first kappa shape index (κ1) is 29.4. The zero-order valence-electron chi connectivity index (χ0n) is 25.5. The van der Waals surface area contributed by atoms with Crippen LogP contribution in [-0.4, -0.2) is 45.4 Å². The van der Waals surface area contributed by atoms with Gasteiger partial charge in [0.2, 0.25) is 5.91 Å². The van der Waals surface area contributed by atoms with Crippen LogP contribution in [0.4, 0.5) is 5.82 Å². The van der Waals surface area contributed by atoms with Crippen LogP contribution in [0.1, 0.15) is 93.7 Å². The minimum Gasteiger partial charge on any atom is -0.496 e. The smallest absolute Gasteiger partial charge is 0.303 e. The Morgan fingerprint density at radius 2 is 1.70 bits per heavy atom. The summed E-state index contributed by atoms with van der Waals surface area (Å²) < 4.78 is 7.51. The van der Waals surface area contributed by atoms with E-state index in [9.17, 15) is 14.7 Å². The first-order chi connectivity index (χ1) is 20.9. The lowest BCUT2D eigenvalue weighted by molar-refractivity contribution is -0.138. The summed E-state index contributed by atoms with van der Waals surface area (Å²) in [5.41, 5.74) is 4.63. The molecule has 0 unspecified atom stereocenters. The van der Waals surface area contributed by atoms with Gasteiger partial charge in [0.25, 0.3) is 0 Å². The first-order valence-corrected chi connectivity index (χ1v) is 16.1. The molecule has 0 bridgehead atoms. The minimum atomic E-state index is -0.747. The number of carbonyl (C=O) groups excluding carboxylic acids is 1. The molecule has 0 atom stereocenters. The monoisotopic (exact) mass is 584 g/mol. The van der Waals surface area contributed by atoms with Gasteiger partial charge in [0, 0.05) is 36.8 Å². The zero-order valence-corrected chi connectivity index (χ0v) is 25.5. The Morgan fingerprint density at radius 3 is 2.37 bits per heavy atom. The molecule has 0 saturated heterocycles. The summed E-state index contributed by atoms with van der Waals surface area (Å²) in [4.78, 5) is 32.1. The molecule has 8 heteroatoms. The second-order valence-corrected chi connectivity index (χ2v) is 13.1. The fourth-order valence-corrected chi connectivity index (χ4v) is 7.24. The van der Waals surface area contributed by atoms with Crippen LogP contribution in [0.2, 0.25) is 0 Å². The maximum atomic E-state index is 14.2. The Balaban J connectivity index is 1.18. The first-order valence-electron chi connectivity index (χ1n) is 16.1. The molecular formula is C35H44N4O4. The van der Waals surface area contributed by atoms with E-state index in [2.05, 4.69) is 41.1 Å². The molecule has 3 fully saturated rings. The Labute approximate surface area is 254 Å². The van der Waals surface area contributed by atoms with Gasteiger partial charge in [-0.25, -0.2) is 4.98 Å². The highest BCUT2D eigenvalue weighted by atomic mass is 16.5. The van der Waals surface area contributed by atoms with Gasteiger partial charge in [-0.1, -0.05) is 12.1 Å². The van der Waals surface area contributed by atoms with Gasteiger partial charge in [0.1, 0.15) is 11.6 Å². The van der Waals surface area contributed by atoms with Crippen molar-refractivity contribution >= 4 is 17.7 Å². The number of methoxy groups -OCH3 is 1. The molecule has 0 spiro atoms. The van der Waals surface area contributed by atoms with Crippen LogP contribution in [0, 0.1) is 24.7 Å². The summed E-state index contributed by atoms with van der Waals surface area (Å²) in [6.45, 7) is 2.77. The number of hydrogen-bond donors (Lipinski definition) is 1. The van der Waals surface area contributed by atoms with Gasteiger partial charge in [0.15, 0.2) is 0 Å². The number of pyridine rings is 1. The molecule has 6 rings (SSSR count). The molecule has 3 aromatic rings. The standard InChI is InChI=1S/C35H44N4O4/c1-23-17-28(11-14-32(23)43-2)26-7-5-25(6-8-26)21-38(35(42)27-9-3-24(4-10-27)18-34(40)41)33-19-29(15-16-36-33)30-20-37-39(22-30)31-12-13-31/h11,14-17,19-20,22,24-27,31H,3-10,12-13,18,21H2,1-2H3,(H,40,41)/t24-,25-,26-,27-. The number of anilines is 1. The average Bonchev–Trinajstić information content (AvgIpc) is 3.76. The second kappa shape index (κ2) is 12.9. The number of hydrogen-bond acceptors (Lipinski definition) is 5. The SMILES string of the molecule is COc1ccc([C@H]2CC[C@H](CN(c3cc(-c4cnn(C5CC5)c4)ccn3)C(=O)[C@H]3CC[C@H](CC(=O)O)CC3)CC2)cc1C. The summed E-state index contributed by atoms with van der Waals surface area (Å²) in [6.07, 6.45) is 15.8. The molecule has 1 amide bonds. The molecular weight excluding hydrogens is 540 g/mol. The molecule has 8 nitrogen and oxygen atoms in total. The van der Waals surface area contributed by atoms with E-state index in [1.54, 1.807) is 7.11 Å². The number of rotatable bonds is 10. The second-order valence-electron chi connectivity index (χ2n) is 13.1. The van der Waals surface area contributed by atoms with E-state index in [0.717, 1.165) is 68.2 Å². The quantitative estimate of drug-likeness (QED) is 0.271. The summed E-state index contributed by atoms with van der Waals surface area (Å²) in [5.74, 6) is 2.04. The van der Waals surface area contributed by atoms with E-state index in [1.165, 1.54) is 24.0 Å². The molecule has 3 aliphatic carbocycles. The average molecular weight is 585 g/mol. The van der Waals surface area contributed by atoms with Crippen molar-refractivity contribution in [2.24, 2.45) is 17.8 Å². The third-order valence-corrected chi connectivity index (χ3v) is 9.98. The number of amides is 1. The largest absolute Gasteiger partial charge is 0.496 e. The van der Waals surface area contributed by atoms with Crippen LogP contribution in [0.15, 0.2) is 48.9 Å². The predicted octanol–water partition coefficient (Wildman–Crippen LogP) is 7.19. The van der Waals surface area contributed by atoms with Gasteiger partial charge in [-0.05, 0) is 124 Å². The highest BCUT2D eigenvalue weighted by Crippen LogP contribution is 2.40. The molecule has 228 valence electrons. The van der Waals surface area contributed by atoms with Crippen LogP contribution in [0.3, 0.4) is 0 Å². The van der Waals surface area contributed by atoms with Crippen molar-refractivity contribution in [3.05, 3.63) is 60.0 Å². The fourth-order valence-electron chi connectivity index (χ4n) is 7.24. The van der Waals surface area contributed by atoms with Crippen molar-refractivity contribution < 1.29 is 19.4 Å². The van der Waals surface area contributed by atoms with E-state index in [4.69, 9.17) is 9.72 Å². The molecule has 3 saturated carbocycles. The Morgan fingerprint density at radius 1 is 0.953 bits per heavy atom. The van der Waals surface area contributed by atoms with Crippen molar-refractivity contribution in [3.8, 4) is 16.9 Å². The Kier molecular flexibility index (Phi) is 8.82. The van der Waals surface area contributed by atoms with Gasteiger partial charge >= 0.3 is 5.97 Å². The van der Waals surface area contributed by atoms with E-state index < -0.39 is 5.97 Å². The molecule has 1 N–H and O–H groups in total. The Hall–Kier alpha value is -3.68. The van der Waals surface area contributed by atoms with Crippen molar-refractivity contribution in [2.45, 2.75) is 89.5 Å². The zero-order chi connectivity index (χ0) is 29.9. The normalized spacial score (nSPS) is 24.0. The summed E-state index contributed by atoms with van der Waals surface area (Å²) in [5, 5.41) is 13.8. The third kappa shape index (κ3) is 6.94. The number of aliphatic carboxylic acids is 1. The van der Waals surface area contributed by atoms with E-state index in [0.29, 0.717) is 30.2 Å². The van der Waals surface area contributed by atoms with Gasteiger partial charge in [-0.3, -0.25) is 19.2 Å². The maximum Gasteiger partial charge on any atom is 0.303 e. The Bertz CT molecular complexity index is 1430. The van der Waals surface area contributed by atoms with Crippen LogP contribution in [0.5, 0.6) is 5.75 Å². The molecule has 3 aliphatic rings. The molecule has 2 heterocycles. The van der Waals surface area contributed by atoms with Crippen molar-refractivity contribution in [2.75, 3.05) is 18.6 Å². The van der Waals surface area contributed by atoms with Crippen LogP contribution < -0.4 is 9.64 Å². The number of aryl methyl sites for hydroxylation is 1. The summed E-state index contributed by atoms with van der Waals surface area (Å²) in [7, 11) is 1.72. The number of ether oxygens (including phenoxy) is 1. The molecule has 1 aromatic carbocycles. The van der Waals surface area contributed by atoms with E-state index in [1.807, 2.05) is 29.4 Å². The van der Waals surface area contributed by atoms with Gasteiger partial charge in [-0.2, -0.15) is 5.10 Å². The molecule has 0 radical (unpaired) electrons. The maximum absolute atomic E-state index is 14.2. The van der Waals surface area contributed by atoms with Crippen LogP contribution in [0.25, 0.3) is 11.1 Å². The fraction of sp³-hybridized carbons (Fsp3) is 0.543. The number of benzene rings is 1. The minimum absolute atomic E-state index is 0.0910. The number of carboxylic acids is 1. The summed E-state index contributed by atoms with van der Waals surface area (Å²) >= 11 is 0. The lowest BCUT2D eigenvalue weighted by Gasteiger charge is -2.35. The topological polar surface area (TPSA) is 97.5 Å². The lowest BCUT2D eigenvalue weighted by Crippen LogP contribution is -2.42. The van der Waals surface area contributed by atoms with Gasteiger partial charge < -0.3 is 9.84 Å². The number of carboxylic acid groups (broad SMARTS) is 1. The van der Waals surface area contributed by atoms with E-state index in [-0.39, 0.29) is 24.2 Å². The van der Waals surface area contributed by atoms with Crippen molar-refractivity contribution in [1.82, 2.24) is 14.8 Å². The van der Waals surface area contributed by atoms with Gasteiger partial charge in [0.05, 0.1) is 19.3 Å². The number of aromatic nitrogens is 3. The third-order valence-electron chi connectivity index (χ3n) is 9.98. The van der Waals surface area contributed by atoms with Crippen LogP contribution in [-0.2, 0) is 9.59 Å². The molecule has 43 heavy (non-hydrogen) atoms. The highest BCUT2D eigenvalue weighted by Gasteiger charge is 2.34. The molecule has 0 aliphatic heterocycles. The van der Waals surface area contributed by atoms with Crippen molar-refractivity contribution in [3.63, 3.8) is 0 Å². The van der Waals surface area contributed by atoms with Gasteiger partial charge in [-0.15, -0.1) is 0 Å². The number of carbonyl (C=O) groups is 2. The number of nitrogens with zero attached hydrogens (tertiary/aromatic N) is 4.